The lowest BCUT2D eigenvalue weighted by atomic mass is 10.0. The van der Waals surface area contributed by atoms with Gasteiger partial charge in [0.25, 0.3) is 5.69 Å². The Hall–Kier alpha value is -1.51. The molecule has 2 rings (SSSR count). The van der Waals surface area contributed by atoms with Crippen molar-refractivity contribution in [2.45, 2.75) is 50.6 Å². The third-order valence-corrected chi connectivity index (χ3v) is 5.72. The van der Waals surface area contributed by atoms with E-state index in [0.717, 1.165) is 13.0 Å². The Kier molecular flexibility index (Phi) is 4.84. The molecule has 1 saturated heterocycles. The van der Waals surface area contributed by atoms with Crippen LogP contribution in [-0.4, -0.2) is 32.0 Å². The summed E-state index contributed by atoms with van der Waals surface area (Å²) in [6.07, 6.45) is 1.58. The van der Waals surface area contributed by atoms with E-state index in [1.807, 2.05) is 6.92 Å². The van der Waals surface area contributed by atoms with Crippen LogP contribution in [0.15, 0.2) is 17.0 Å². The standard InChI is InChI=1S/C14H21N3O4S/c1-9-6-7-10(2)14(13(9)17(18)19)22(20,21)16-12-5-4-8-15-11(12)3/h6-7,11-12,15-16H,4-5,8H2,1-3H3. The van der Waals surface area contributed by atoms with Crippen molar-refractivity contribution in [1.82, 2.24) is 10.0 Å². The van der Waals surface area contributed by atoms with Crippen molar-refractivity contribution in [3.63, 3.8) is 0 Å². The van der Waals surface area contributed by atoms with Gasteiger partial charge in [0, 0.05) is 17.6 Å². The molecular formula is C14H21N3O4S. The minimum absolute atomic E-state index is 0.00676. The number of nitro benzene ring substituents is 1. The Balaban J connectivity index is 2.45. The highest BCUT2D eigenvalue weighted by Crippen LogP contribution is 2.31. The lowest BCUT2D eigenvalue weighted by molar-refractivity contribution is -0.388. The van der Waals surface area contributed by atoms with Crippen LogP contribution in [0.3, 0.4) is 0 Å². The normalized spacial score (nSPS) is 22.5. The van der Waals surface area contributed by atoms with Gasteiger partial charge in [0.15, 0.2) is 4.90 Å². The van der Waals surface area contributed by atoms with Gasteiger partial charge in [-0.2, -0.15) is 0 Å². The van der Waals surface area contributed by atoms with Crippen LogP contribution in [0.25, 0.3) is 0 Å². The smallest absolute Gasteiger partial charge is 0.292 e. The molecule has 1 fully saturated rings. The van der Waals surface area contributed by atoms with Crippen molar-refractivity contribution >= 4 is 15.7 Å². The zero-order valence-electron chi connectivity index (χ0n) is 12.9. The SMILES string of the molecule is Cc1ccc(C)c(S(=O)(=O)NC2CCCNC2C)c1[N+](=O)[O-]. The molecule has 22 heavy (non-hydrogen) atoms. The molecule has 2 unspecified atom stereocenters. The van der Waals surface area contributed by atoms with E-state index >= 15 is 0 Å². The summed E-state index contributed by atoms with van der Waals surface area (Å²) in [5, 5.41) is 14.5. The molecule has 1 aliphatic heterocycles. The first-order valence-electron chi connectivity index (χ1n) is 7.24. The number of nitrogens with zero attached hydrogens (tertiary/aromatic N) is 1. The lowest BCUT2D eigenvalue weighted by Crippen LogP contribution is -2.51. The van der Waals surface area contributed by atoms with E-state index in [1.165, 1.54) is 0 Å². The van der Waals surface area contributed by atoms with Crippen molar-refractivity contribution in [3.05, 3.63) is 33.4 Å². The van der Waals surface area contributed by atoms with E-state index in [2.05, 4.69) is 10.0 Å². The average Bonchev–Trinajstić information content (AvgIpc) is 2.43. The minimum atomic E-state index is -3.95. The Bertz CT molecular complexity index is 688. The van der Waals surface area contributed by atoms with Crippen LogP contribution in [0.2, 0.25) is 0 Å². The Morgan fingerprint density at radius 2 is 1.95 bits per heavy atom. The molecule has 2 N–H and O–H groups in total. The molecule has 122 valence electrons. The summed E-state index contributed by atoms with van der Waals surface area (Å²) in [5.41, 5.74) is 0.371. The third-order valence-electron chi connectivity index (χ3n) is 4.05. The first-order valence-corrected chi connectivity index (χ1v) is 8.72. The largest absolute Gasteiger partial charge is 0.313 e. The number of hydrogen-bond acceptors (Lipinski definition) is 5. The number of piperidine rings is 1. The second-order valence-corrected chi connectivity index (χ2v) is 7.40. The molecule has 2 atom stereocenters. The predicted molar refractivity (Wildman–Crippen MR) is 83.4 cm³/mol. The first-order chi connectivity index (χ1) is 10.2. The van der Waals surface area contributed by atoms with Crippen LogP contribution in [-0.2, 0) is 10.0 Å². The molecule has 8 heteroatoms. The molecule has 0 aliphatic carbocycles. The molecule has 0 spiro atoms. The fourth-order valence-corrected chi connectivity index (χ4v) is 4.62. The molecule has 0 radical (unpaired) electrons. The zero-order chi connectivity index (χ0) is 16.5. The van der Waals surface area contributed by atoms with E-state index < -0.39 is 14.9 Å². The highest BCUT2D eigenvalue weighted by atomic mass is 32.2. The molecule has 7 nitrogen and oxygen atoms in total. The number of nitrogens with one attached hydrogen (secondary N) is 2. The fourth-order valence-electron chi connectivity index (χ4n) is 2.80. The van der Waals surface area contributed by atoms with Gasteiger partial charge in [0.2, 0.25) is 10.0 Å². The topological polar surface area (TPSA) is 101 Å². The van der Waals surface area contributed by atoms with Crippen LogP contribution in [0.1, 0.15) is 30.9 Å². The second-order valence-electron chi connectivity index (χ2n) is 5.75. The molecule has 0 saturated carbocycles. The van der Waals surface area contributed by atoms with Gasteiger partial charge in [-0.25, -0.2) is 13.1 Å². The average molecular weight is 327 g/mol. The zero-order valence-corrected chi connectivity index (χ0v) is 13.7. The van der Waals surface area contributed by atoms with Crippen molar-refractivity contribution in [2.24, 2.45) is 0 Å². The Morgan fingerprint density at radius 3 is 2.55 bits per heavy atom. The molecule has 0 aromatic heterocycles. The molecular weight excluding hydrogens is 306 g/mol. The van der Waals surface area contributed by atoms with E-state index in [0.29, 0.717) is 17.5 Å². The number of sulfonamides is 1. The van der Waals surface area contributed by atoms with Crippen LogP contribution in [0.5, 0.6) is 0 Å². The van der Waals surface area contributed by atoms with Gasteiger partial charge in [-0.3, -0.25) is 10.1 Å². The van der Waals surface area contributed by atoms with Crippen molar-refractivity contribution in [3.8, 4) is 0 Å². The number of rotatable bonds is 4. The van der Waals surface area contributed by atoms with E-state index in [1.54, 1.807) is 26.0 Å². The maximum Gasteiger partial charge on any atom is 0.292 e. The van der Waals surface area contributed by atoms with E-state index in [9.17, 15) is 18.5 Å². The van der Waals surface area contributed by atoms with Gasteiger partial charge < -0.3 is 5.32 Å². The Labute approximate surface area is 130 Å². The van der Waals surface area contributed by atoms with Crippen LogP contribution in [0.4, 0.5) is 5.69 Å². The quantitative estimate of drug-likeness (QED) is 0.646. The summed E-state index contributed by atoms with van der Waals surface area (Å²) in [5.74, 6) is 0. The van der Waals surface area contributed by atoms with E-state index in [4.69, 9.17) is 0 Å². The predicted octanol–water partition coefficient (Wildman–Crippen LogP) is 1.63. The van der Waals surface area contributed by atoms with Gasteiger partial charge in [0.1, 0.15) is 0 Å². The van der Waals surface area contributed by atoms with Crippen LogP contribution >= 0.6 is 0 Å². The monoisotopic (exact) mass is 327 g/mol. The summed E-state index contributed by atoms with van der Waals surface area (Å²) in [6.45, 7) is 5.87. The minimum Gasteiger partial charge on any atom is -0.313 e. The highest BCUT2D eigenvalue weighted by molar-refractivity contribution is 7.89. The molecule has 1 aliphatic rings. The molecule has 1 aromatic carbocycles. The summed E-state index contributed by atoms with van der Waals surface area (Å²) < 4.78 is 28.0. The lowest BCUT2D eigenvalue weighted by Gasteiger charge is -2.30. The molecule has 1 aromatic rings. The maximum absolute atomic E-state index is 12.7. The van der Waals surface area contributed by atoms with Crippen molar-refractivity contribution in [1.29, 1.82) is 0 Å². The molecule has 1 heterocycles. The third kappa shape index (κ3) is 3.29. The molecule has 0 bridgehead atoms. The van der Waals surface area contributed by atoms with Gasteiger partial charge in [-0.05, 0) is 45.7 Å². The second kappa shape index (κ2) is 6.31. The van der Waals surface area contributed by atoms with Crippen molar-refractivity contribution in [2.75, 3.05) is 6.54 Å². The number of nitro groups is 1. The van der Waals surface area contributed by atoms with E-state index in [-0.39, 0.29) is 22.7 Å². The molecule has 0 amide bonds. The Morgan fingerprint density at radius 1 is 1.32 bits per heavy atom. The van der Waals surface area contributed by atoms with Crippen molar-refractivity contribution < 1.29 is 13.3 Å². The number of hydrogen-bond donors (Lipinski definition) is 2. The summed E-state index contributed by atoms with van der Waals surface area (Å²) >= 11 is 0. The highest BCUT2D eigenvalue weighted by Gasteiger charge is 2.33. The summed E-state index contributed by atoms with van der Waals surface area (Å²) in [6, 6.07) is 2.89. The van der Waals surface area contributed by atoms with Gasteiger partial charge in [-0.1, -0.05) is 12.1 Å². The fraction of sp³-hybridized carbons (Fsp3) is 0.571. The summed E-state index contributed by atoms with van der Waals surface area (Å²) in [7, 11) is -3.95. The number of aryl methyl sites for hydroxylation is 2. The van der Waals surface area contributed by atoms with Crippen LogP contribution < -0.4 is 10.0 Å². The summed E-state index contributed by atoms with van der Waals surface area (Å²) in [4.78, 5) is 10.4. The number of benzene rings is 1. The van der Waals surface area contributed by atoms with Crippen LogP contribution in [0, 0.1) is 24.0 Å². The first kappa shape index (κ1) is 16.9. The maximum atomic E-state index is 12.7. The van der Waals surface area contributed by atoms with Gasteiger partial charge >= 0.3 is 0 Å². The van der Waals surface area contributed by atoms with Gasteiger partial charge in [0.05, 0.1) is 4.92 Å². The van der Waals surface area contributed by atoms with Gasteiger partial charge in [-0.15, -0.1) is 0 Å².